The Bertz CT molecular complexity index is 326. The first-order chi connectivity index (χ1) is 7.67. The van der Waals surface area contributed by atoms with Crippen molar-refractivity contribution in [2.45, 2.75) is 26.7 Å². The molecule has 0 amide bonds. The summed E-state index contributed by atoms with van der Waals surface area (Å²) in [5.41, 5.74) is 8.82. The molecule has 0 aromatic heterocycles. The van der Waals surface area contributed by atoms with E-state index in [4.69, 9.17) is 10.8 Å². The van der Waals surface area contributed by atoms with Crippen LogP contribution in [0.2, 0.25) is 0 Å². The van der Waals surface area contributed by atoms with E-state index in [-0.39, 0.29) is 6.61 Å². The van der Waals surface area contributed by atoms with Gasteiger partial charge in [-0.2, -0.15) is 0 Å². The third-order valence-electron chi connectivity index (χ3n) is 2.99. The highest BCUT2D eigenvalue weighted by Gasteiger charge is 2.05. The van der Waals surface area contributed by atoms with Crippen LogP contribution in [0.4, 0.5) is 11.4 Å². The highest BCUT2D eigenvalue weighted by molar-refractivity contribution is 5.58. The van der Waals surface area contributed by atoms with Crippen molar-refractivity contribution in [3.63, 3.8) is 0 Å². The molecule has 3 nitrogen and oxygen atoms in total. The highest BCUT2D eigenvalue weighted by Crippen LogP contribution is 2.18. The van der Waals surface area contributed by atoms with Crippen molar-refractivity contribution in [2.75, 3.05) is 24.2 Å². The van der Waals surface area contributed by atoms with E-state index in [1.807, 2.05) is 25.1 Å². The Labute approximate surface area is 97.7 Å². The van der Waals surface area contributed by atoms with Crippen LogP contribution in [-0.4, -0.2) is 18.3 Å². The van der Waals surface area contributed by atoms with E-state index >= 15 is 0 Å². The van der Waals surface area contributed by atoms with Gasteiger partial charge >= 0.3 is 0 Å². The van der Waals surface area contributed by atoms with Crippen LogP contribution >= 0.6 is 0 Å². The van der Waals surface area contributed by atoms with Crippen molar-refractivity contribution in [1.29, 1.82) is 0 Å². The molecular weight excluding hydrogens is 200 g/mol. The normalized spacial score (nSPS) is 12.4. The molecule has 3 heteroatoms. The Morgan fingerprint density at radius 1 is 1.44 bits per heavy atom. The van der Waals surface area contributed by atoms with E-state index < -0.39 is 0 Å². The predicted molar refractivity (Wildman–Crippen MR) is 69.6 cm³/mol. The van der Waals surface area contributed by atoms with E-state index in [0.29, 0.717) is 5.92 Å². The maximum atomic E-state index is 8.90. The van der Waals surface area contributed by atoms with Crippen LogP contribution in [0, 0.1) is 12.8 Å². The molecule has 1 rings (SSSR count). The summed E-state index contributed by atoms with van der Waals surface area (Å²) < 4.78 is 0. The van der Waals surface area contributed by atoms with Gasteiger partial charge in [-0.1, -0.05) is 19.4 Å². The monoisotopic (exact) mass is 222 g/mol. The summed E-state index contributed by atoms with van der Waals surface area (Å²) in [5.74, 6) is 0.521. The lowest BCUT2D eigenvalue weighted by atomic mass is 10.0. The number of rotatable bonds is 6. The van der Waals surface area contributed by atoms with E-state index in [2.05, 4.69) is 12.2 Å². The summed E-state index contributed by atoms with van der Waals surface area (Å²) in [6.45, 7) is 5.29. The number of nitrogens with one attached hydrogen (secondary N) is 1. The standard InChI is InChI=1S/C13H22N2O/c1-3-11(6-7-16)9-15-12-5-4-10(2)13(14)8-12/h4-5,8,11,15-16H,3,6-7,9,14H2,1-2H3. The van der Waals surface area contributed by atoms with Crippen LogP contribution in [0.1, 0.15) is 25.3 Å². The van der Waals surface area contributed by atoms with E-state index in [1.54, 1.807) is 0 Å². The molecular formula is C13H22N2O. The quantitative estimate of drug-likeness (QED) is 0.648. The molecule has 0 saturated heterocycles. The maximum absolute atomic E-state index is 8.90. The fraction of sp³-hybridized carbons (Fsp3) is 0.538. The number of aliphatic hydroxyl groups excluding tert-OH is 1. The number of aliphatic hydroxyl groups is 1. The van der Waals surface area contributed by atoms with Gasteiger partial charge in [0.05, 0.1) is 0 Å². The molecule has 0 fully saturated rings. The Kier molecular flexibility index (Phi) is 5.12. The molecule has 0 aliphatic carbocycles. The molecule has 0 bridgehead atoms. The second kappa shape index (κ2) is 6.38. The molecule has 1 aromatic carbocycles. The molecule has 4 N–H and O–H groups in total. The average molecular weight is 222 g/mol. The Morgan fingerprint density at radius 2 is 2.19 bits per heavy atom. The molecule has 1 unspecified atom stereocenters. The molecule has 1 aromatic rings. The van der Waals surface area contributed by atoms with E-state index in [9.17, 15) is 0 Å². The first-order valence-corrected chi connectivity index (χ1v) is 5.88. The highest BCUT2D eigenvalue weighted by atomic mass is 16.3. The van der Waals surface area contributed by atoms with Crippen LogP contribution in [0.5, 0.6) is 0 Å². The van der Waals surface area contributed by atoms with Crippen molar-refractivity contribution in [2.24, 2.45) is 5.92 Å². The third-order valence-corrected chi connectivity index (χ3v) is 2.99. The van der Waals surface area contributed by atoms with Crippen molar-refractivity contribution in [3.05, 3.63) is 23.8 Å². The minimum absolute atomic E-state index is 0.260. The second-order valence-corrected chi connectivity index (χ2v) is 4.24. The zero-order chi connectivity index (χ0) is 12.0. The lowest BCUT2D eigenvalue weighted by molar-refractivity contribution is 0.258. The van der Waals surface area contributed by atoms with Crippen LogP contribution in [-0.2, 0) is 0 Å². The Balaban J connectivity index is 2.50. The van der Waals surface area contributed by atoms with Crippen molar-refractivity contribution in [1.82, 2.24) is 0 Å². The van der Waals surface area contributed by atoms with Gasteiger partial charge in [0.15, 0.2) is 0 Å². The fourth-order valence-corrected chi connectivity index (χ4v) is 1.65. The number of hydrogen-bond donors (Lipinski definition) is 3. The SMILES string of the molecule is CCC(CCO)CNc1ccc(C)c(N)c1. The average Bonchev–Trinajstić information content (AvgIpc) is 2.28. The van der Waals surface area contributed by atoms with Gasteiger partial charge in [0.1, 0.15) is 0 Å². The number of aryl methyl sites for hydroxylation is 1. The Hall–Kier alpha value is -1.22. The number of hydrogen-bond acceptors (Lipinski definition) is 3. The van der Waals surface area contributed by atoms with Gasteiger partial charge in [-0.05, 0) is 37.0 Å². The molecule has 0 heterocycles. The summed E-state index contributed by atoms with van der Waals surface area (Å²) in [5, 5.41) is 12.3. The van der Waals surface area contributed by atoms with Crippen LogP contribution in [0.3, 0.4) is 0 Å². The molecule has 0 spiro atoms. The summed E-state index contributed by atoms with van der Waals surface area (Å²) in [6.07, 6.45) is 1.93. The summed E-state index contributed by atoms with van der Waals surface area (Å²) in [6, 6.07) is 6.02. The van der Waals surface area contributed by atoms with Gasteiger partial charge in [0.25, 0.3) is 0 Å². The van der Waals surface area contributed by atoms with Gasteiger partial charge in [-0.15, -0.1) is 0 Å². The van der Waals surface area contributed by atoms with Crippen molar-refractivity contribution >= 4 is 11.4 Å². The van der Waals surface area contributed by atoms with Gasteiger partial charge in [0, 0.05) is 24.5 Å². The smallest absolute Gasteiger partial charge is 0.0434 e. The third kappa shape index (κ3) is 3.74. The molecule has 0 aliphatic heterocycles. The molecule has 0 saturated carbocycles. The van der Waals surface area contributed by atoms with Crippen LogP contribution < -0.4 is 11.1 Å². The summed E-state index contributed by atoms with van der Waals surface area (Å²) in [4.78, 5) is 0. The lowest BCUT2D eigenvalue weighted by Crippen LogP contribution is -2.15. The van der Waals surface area contributed by atoms with Gasteiger partial charge in [0.2, 0.25) is 0 Å². The summed E-state index contributed by atoms with van der Waals surface area (Å²) >= 11 is 0. The Morgan fingerprint density at radius 3 is 2.75 bits per heavy atom. The largest absolute Gasteiger partial charge is 0.398 e. The predicted octanol–water partition coefficient (Wildman–Crippen LogP) is 2.40. The van der Waals surface area contributed by atoms with Crippen molar-refractivity contribution < 1.29 is 5.11 Å². The molecule has 0 radical (unpaired) electrons. The number of nitrogen functional groups attached to an aromatic ring is 1. The lowest BCUT2D eigenvalue weighted by Gasteiger charge is -2.15. The minimum atomic E-state index is 0.260. The minimum Gasteiger partial charge on any atom is -0.398 e. The molecule has 1 atom stereocenters. The molecule has 90 valence electrons. The van der Waals surface area contributed by atoms with Gasteiger partial charge in [-0.25, -0.2) is 0 Å². The fourth-order valence-electron chi connectivity index (χ4n) is 1.65. The summed E-state index contributed by atoms with van der Waals surface area (Å²) in [7, 11) is 0. The zero-order valence-corrected chi connectivity index (χ0v) is 10.2. The van der Waals surface area contributed by atoms with Gasteiger partial charge in [-0.3, -0.25) is 0 Å². The molecule has 0 aliphatic rings. The molecule has 16 heavy (non-hydrogen) atoms. The maximum Gasteiger partial charge on any atom is 0.0434 e. The number of benzene rings is 1. The van der Waals surface area contributed by atoms with Gasteiger partial charge < -0.3 is 16.2 Å². The van der Waals surface area contributed by atoms with Crippen molar-refractivity contribution in [3.8, 4) is 0 Å². The van der Waals surface area contributed by atoms with E-state index in [0.717, 1.165) is 36.3 Å². The van der Waals surface area contributed by atoms with Crippen LogP contribution in [0.15, 0.2) is 18.2 Å². The second-order valence-electron chi connectivity index (χ2n) is 4.24. The first-order valence-electron chi connectivity index (χ1n) is 5.88. The van der Waals surface area contributed by atoms with E-state index in [1.165, 1.54) is 0 Å². The first kappa shape index (κ1) is 12.8. The van der Waals surface area contributed by atoms with Crippen LogP contribution in [0.25, 0.3) is 0 Å². The number of nitrogens with two attached hydrogens (primary N) is 1. The zero-order valence-electron chi connectivity index (χ0n) is 10.2. The number of anilines is 2. The topological polar surface area (TPSA) is 58.3 Å².